The van der Waals surface area contributed by atoms with Crippen LogP contribution in [0, 0.1) is 17.2 Å². The number of nitrogens with one attached hydrogen (secondary N) is 1. The van der Waals surface area contributed by atoms with Gasteiger partial charge in [-0.05, 0) is 24.3 Å². The standard InChI is InChI=1S/C15H18N4O2S2/c1-9(2)15(3,8-16)18-11(20)7-23-14-17-12-10(5-6-22-12)13(21)19(14)4/h5-6,9H,7H2,1-4H3,(H,18,20)/t15-/m1/s1. The molecule has 2 heterocycles. The lowest BCUT2D eigenvalue weighted by Gasteiger charge is -2.27. The van der Waals surface area contributed by atoms with Crippen LogP contribution in [-0.4, -0.2) is 26.8 Å². The molecule has 0 aromatic carbocycles. The average molecular weight is 350 g/mol. The van der Waals surface area contributed by atoms with E-state index in [0.29, 0.717) is 15.4 Å². The van der Waals surface area contributed by atoms with Crippen molar-refractivity contribution < 1.29 is 4.79 Å². The summed E-state index contributed by atoms with van der Waals surface area (Å²) < 4.78 is 1.44. The predicted octanol–water partition coefficient (Wildman–Crippen LogP) is 2.14. The average Bonchev–Trinajstić information content (AvgIpc) is 2.97. The summed E-state index contributed by atoms with van der Waals surface area (Å²) in [6.45, 7) is 5.46. The summed E-state index contributed by atoms with van der Waals surface area (Å²) >= 11 is 2.58. The van der Waals surface area contributed by atoms with Crippen molar-refractivity contribution in [3.63, 3.8) is 0 Å². The topological polar surface area (TPSA) is 87.8 Å². The number of fused-ring (bicyclic) bond motifs is 1. The van der Waals surface area contributed by atoms with Crippen LogP contribution in [0.15, 0.2) is 21.4 Å². The molecule has 0 fully saturated rings. The number of carbonyl (C=O) groups excluding carboxylic acids is 1. The largest absolute Gasteiger partial charge is 0.337 e. The van der Waals surface area contributed by atoms with E-state index in [1.54, 1.807) is 20.0 Å². The lowest BCUT2D eigenvalue weighted by molar-refractivity contribution is -0.120. The first-order valence-corrected chi connectivity index (χ1v) is 8.94. The van der Waals surface area contributed by atoms with Gasteiger partial charge in [-0.2, -0.15) is 5.26 Å². The minimum Gasteiger partial charge on any atom is -0.337 e. The van der Waals surface area contributed by atoms with Gasteiger partial charge >= 0.3 is 0 Å². The number of hydrogen-bond acceptors (Lipinski definition) is 6. The Bertz CT molecular complexity index is 834. The number of hydrogen-bond donors (Lipinski definition) is 1. The van der Waals surface area contributed by atoms with Gasteiger partial charge in [0.05, 0.1) is 17.2 Å². The van der Waals surface area contributed by atoms with Gasteiger partial charge < -0.3 is 5.32 Å². The molecular formula is C15H18N4O2S2. The predicted molar refractivity (Wildman–Crippen MR) is 92.6 cm³/mol. The number of nitriles is 1. The van der Waals surface area contributed by atoms with E-state index in [2.05, 4.69) is 16.4 Å². The van der Waals surface area contributed by atoms with Crippen LogP contribution in [0.1, 0.15) is 20.8 Å². The fourth-order valence-corrected chi connectivity index (χ4v) is 3.44. The smallest absolute Gasteiger partial charge is 0.262 e. The minimum absolute atomic E-state index is 0.00796. The van der Waals surface area contributed by atoms with Crippen molar-refractivity contribution in [1.82, 2.24) is 14.9 Å². The van der Waals surface area contributed by atoms with Gasteiger partial charge in [0.15, 0.2) is 5.16 Å². The second-order valence-electron chi connectivity index (χ2n) is 5.70. The molecule has 122 valence electrons. The number of aromatic nitrogens is 2. The number of rotatable bonds is 5. The van der Waals surface area contributed by atoms with E-state index in [1.165, 1.54) is 27.7 Å². The van der Waals surface area contributed by atoms with E-state index in [9.17, 15) is 14.9 Å². The van der Waals surface area contributed by atoms with Crippen LogP contribution >= 0.6 is 23.1 Å². The second kappa shape index (κ2) is 6.72. The zero-order valence-electron chi connectivity index (χ0n) is 13.4. The molecule has 1 N–H and O–H groups in total. The molecule has 2 aromatic heterocycles. The van der Waals surface area contributed by atoms with Crippen molar-refractivity contribution in [2.24, 2.45) is 13.0 Å². The number of thiophene rings is 1. The quantitative estimate of drug-likeness (QED) is 0.659. The van der Waals surface area contributed by atoms with Gasteiger partial charge in [0.2, 0.25) is 5.91 Å². The zero-order chi connectivity index (χ0) is 17.2. The highest BCUT2D eigenvalue weighted by Gasteiger charge is 2.29. The van der Waals surface area contributed by atoms with Crippen molar-refractivity contribution >= 4 is 39.2 Å². The summed E-state index contributed by atoms with van der Waals surface area (Å²) in [5.41, 5.74) is -1.03. The molecule has 2 rings (SSSR count). The normalized spacial score (nSPS) is 13.7. The van der Waals surface area contributed by atoms with Crippen LogP contribution in [0.2, 0.25) is 0 Å². The Morgan fingerprint density at radius 1 is 1.61 bits per heavy atom. The van der Waals surface area contributed by atoms with Crippen LogP contribution in [0.25, 0.3) is 10.2 Å². The molecule has 1 amide bonds. The van der Waals surface area contributed by atoms with Gasteiger partial charge in [-0.25, -0.2) is 4.98 Å². The van der Waals surface area contributed by atoms with Crippen LogP contribution < -0.4 is 10.9 Å². The molecule has 0 aliphatic heterocycles. The molecule has 6 nitrogen and oxygen atoms in total. The Hall–Kier alpha value is -1.85. The molecule has 0 radical (unpaired) electrons. The summed E-state index contributed by atoms with van der Waals surface area (Å²) in [7, 11) is 1.64. The molecule has 0 aliphatic carbocycles. The first-order valence-electron chi connectivity index (χ1n) is 7.08. The highest BCUT2D eigenvalue weighted by Crippen LogP contribution is 2.21. The summed E-state index contributed by atoms with van der Waals surface area (Å²) in [6.07, 6.45) is 0. The van der Waals surface area contributed by atoms with Crippen molar-refractivity contribution in [1.29, 1.82) is 5.26 Å². The van der Waals surface area contributed by atoms with E-state index in [4.69, 9.17) is 0 Å². The van der Waals surface area contributed by atoms with Crippen LogP contribution in [0.3, 0.4) is 0 Å². The second-order valence-corrected chi connectivity index (χ2v) is 7.54. The maximum absolute atomic E-state index is 12.2. The van der Waals surface area contributed by atoms with E-state index >= 15 is 0 Å². The molecule has 2 aromatic rings. The summed E-state index contributed by atoms with van der Waals surface area (Å²) in [5, 5.41) is 14.9. The highest BCUT2D eigenvalue weighted by molar-refractivity contribution is 7.99. The third-order valence-electron chi connectivity index (χ3n) is 3.78. The van der Waals surface area contributed by atoms with Crippen LogP contribution in [-0.2, 0) is 11.8 Å². The maximum atomic E-state index is 12.2. The Balaban J connectivity index is 2.12. The van der Waals surface area contributed by atoms with E-state index < -0.39 is 5.54 Å². The molecule has 0 saturated heterocycles. The number of nitrogens with zero attached hydrogens (tertiary/aromatic N) is 3. The Kier molecular flexibility index (Phi) is 5.12. The van der Waals surface area contributed by atoms with E-state index in [0.717, 1.165) is 0 Å². The SMILES string of the molecule is CC(C)[C@@](C)(C#N)NC(=O)CSc1nc2sccc2c(=O)n1C. The number of thioether (sulfide) groups is 1. The molecule has 0 spiro atoms. The number of carbonyl (C=O) groups is 1. The van der Waals surface area contributed by atoms with Crippen molar-refractivity contribution in [3.05, 3.63) is 21.8 Å². The summed E-state index contributed by atoms with van der Waals surface area (Å²) in [6, 6.07) is 3.89. The van der Waals surface area contributed by atoms with Gasteiger partial charge in [-0.15, -0.1) is 11.3 Å². The molecule has 0 bridgehead atoms. The Morgan fingerprint density at radius 2 is 2.30 bits per heavy atom. The molecule has 8 heteroatoms. The molecule has 0 saturated carbocycles. The van der Waals surface area contributed by atoms with Gasteiger partial charge in [0, 0.05) is 7.05 Å². The van der Waals surface area contributed by atoms with Crippen LogP contribution in [0.4, 0.5) is 0 Å². The minimum atomic E-state index is -0.908. The fraction of sp³-hybridized carbons (Fsp3) is 0.467. The monoisotopic (exact) mass is 350 g/mol. The van der Waals surface area contributed by atoms with Crippen molar-refractivity contribution in [2.75, 3.05) is 5.75 Å². The lowest BCUT2D eigenvalue weighted by atomic mass is 9.90. The third kappa shape index (κ3) is 3.57. The van der Waals surface area contributed by atoms with Gasteiger partial charge in [0.1, 0.15) is 10.4 Å². The summed E-state index contributed by atoms with van der Waals surface area (Å²) in [4.78, 5) is 29.4. The van der Waals surface area contributed by atoms with Crippen molar-refractivity contribution in [2.45, 2.75) is 31.5 Å². The maximum Gasteiger partial charge on any atom is 0.262 e. The Labute approximate surface area is 142 Å². The molecule has 0 aliphatic rings. The zero-order valence-corrected chi connectivity index (χ0v) is 15.0. The molecule has 23 heavy (non-hydrogen) atoms. The van der Waals surface area contributed by atoms with Crippen LogP contribution in [0.5, 0.6) is 0 Å². The van der Waals surface area contributed by atoms with Gasteiger partial charge in [0.25, 0.3) is 5.56 Å². The van der Waals surface area contributed by atoms with Gasteiger partial charge in [-0.1, -0.05) is 25.6 Å². The molecular weight excluding hydrogens is 332 g/mol. The van der Waals surface area contributed by atoms with E-state index in [1.807, 2.05) is 19.2 Å². The summed E-state index contributed by atoms with van der Waals surface area (Å²) in [5.74, 6) is -0.166. The highest BCUT2D eigenvalue weighted by atomic mass is 32.2. The Morgan fingerprint density at radius 3 is 2.91 bits per heavy atom. The third-order valence-corrected chi connectivity index (χ3v) is 5.62. The van der Waals surface area contributed by atoms with Gasteiger partial charge in [-0.3, -0.25) is 14.2 Å². The molecule has 1 atom stereocenters. The fourth-order valence-electron chi connectivity index (χ4n) is 1.87. The lowest BCUT2D eigenvalue weighted by Crippen LogP contribution is -2.49. The number of amides is 1. The first-order chi connectivity index (χ1) is 10.8. The molecule has 0 unspecified atom stereocenters. The first kappa shape index (κ1) is 17.5. The van der Waals surface area contributed by atoms with E-state index in [-0.39, 0.29) is 23.1 Å². The van der Waals surface area contributed by atoms with Crippen molar-refractivity contribution in [3.8, 4) is 6.07 Å².